The van der Waals surface area contributed by atoms with Gasteiger partial charge < -0.3 is 19.4 Å². The highest BCUT2D eigenvalue weighted by Gasteiger charge is 2.21. The normalized spacial score (nSPS) is 19.7. The van der Waals surface area contributed by atoms with E-state index in [1.165, 1.54) is 0 Å². The van der Waals surface area contributed by atoms with Gasteiger partial charge in [-0.2, -0.15) is 0 Å². The Labute approximate surface area is 147 Å². The van der Waals surface area contributed by atoms with E-state index < -0.39 is 0 Å². The maximum atomic E-state index is 11.5. The number of imidazole rings is 1. The minimum absolute atomic E-state index is 0.0726. The fourth-order valence-corrected chi connectivity index (χ4v) is 3.51. The highest BCUT2D eigenvalue weighted by Crippen LogP contribution is 2.23. The summed E-state index contributed by atoms with van der Waals surface area (Å²) in [6, 6.07) is 0. The van der Waals surface area contributed by atoms with Gasteiger partial charge in [0.05, 0.1) is 25.5 Å². The number of carbonyl (C=O) groups is 1. The maximum absolute atomic E-state index is 11.5. The summed E-state index contributed by atoms with van der Waals surface area (Å²) in [5.74, 6) is 0.943. The molecule has 0 aliphatic carbocycles. The average molecular weight is 395 g/mol. The van der Waals surface area contributed by atoms with Crippen LogP contribution in [-0.4, -0.2) is 71.1 Å². The predicted octanol–water partition coefficient (Wildman–Crippen LogP) is 0.260. The molecule has 0 saturated carbocycles. The second-order valence-corrected chi connectivity index (χ2v) is 6.82. The van der Waals surface area contributed by atoms with E-state index in [4.69, 9.17) is 9.72 Å². The Kier molecular flexibility index (Phi) is 4.38. The van der Waals surface area contributed by atoms with E-state index in [-0.39, 0.29) is 5.91 Å². The summed E-state index contributed by atoms with van der Waals surface area (Å²) >= 11 is 3.48. The van der Waals surface area contributed by atoms with Crippen molar-refractivity contribution in [1.82, 2.24) is 24.6 Å². The summed E-state index contributed by atoms with van der Waals surface area (Å²) in [5, 5.41) is 2.84. The molecular formula is C15H19BrN6O2. The third-order valence-electron chi connectivity index (χ3n) is 4.25. The second-order valence-electron chi connectivity index (χ2n) is 6.01. The fraction of sp³-hybridized carbons (Fsp3) is 0.533. The van der Waals surface area contributed by atoms with Crippen molar-refractivity contribution >= 4 is 33.3 Å². The van der Waals surface area contributed by atoms with Gasteiger partial charge in [-0.05, 0) is 15.9 Å². The molecule has 2 fully saturated rings. The lowest BCUT2D eigenvalue weighted by Gasteiger charge is -2.28. The number of halogens is 1. The largest absolute Gasteiger partial charge is 0.378 e. The SMILES string of the molecule is O=C1CN(Cc2cn3cc(Br)nc(N4CCOCC4)c3n2)CCN1. The van der Waals surface area contributed by atoms with E-state index in [1.54, 1.807) is 0 Å². The molecule has 0 spiro atoms. The summed E-state index contributed by atoms with van der Waals surface area (Å²) in [6.07, 6.45) is 3.93. The van der Waals surface area contributed by atoms with E-state index in [0.717, 1.165) is 41.4 Å². The molecule has 2 saturated heterocycles. The number of aromatic nitrogens is 3. The predicted molar refractivity (Wildman–Crippen MR) is 92.0 cm³/mol. The molecule has 8 nitrogen and oxygen atoms in total. The zero-order valence-corrected chi connectivity index (χ0v) is 14.8. The van der Waals surface area contributed by atoms with Gasteiger partial charge in [0.2, 0.25) is 5.91 Å². The molecule has 24 heavy (non-hydrogen) atoms. The maximum Gasteiger partial charge on any atom is 0.234 e. The number of nitrogens with zero attached hydrogens (tertiary/aromatic N) is 5. The van der Waals surface area contributed by atoms with Crippen LogP contribution >= 0.6 is 15.9 Å². The van der Waals surface area contributed by atoms with E-state index in [1.807, 2.05) is 16.8 Å². The Balaban J connectivity index is 1.63. The molecule has 0 aromatic carbocycles. The minimum Gasteiger partial charge on any atom is -0.378 e. The number of fused-ring (bicyclic) bond motifs is 1. The van der Waals surface area contributed by atoms with Gasteiger partial charge in [0.25, 0.3) is 0 Å². The molecule has 0 unspecified atom stereocenters. The number of anilines is 1. The van der Waals surface area contributed by atoms with Crippen LogP contribution in [0.15, 0.2) is 17.0 Å². The third-order valence-corrected chi connectivity index (χ3v) is 4.64. The van der Waals surface area contributed by atoms with Crippen molar-refractivity contribution in [2.24, 2.45) is 0 Å². The van der Waals surface area contributed by atoms with Crippen LogP contribution in [0.5, 0.6) is 0 Å². The molecule has 4 rings (SSSR count). The van der Waals surface area contributed by atoms with Gasteiger partial charge in [-0.3, -0.25) is 9.69 Å². The molecular weight excluding hydrogens is 376 g/mol. The number of rotatable bonds is 3. The zero-order valence-electron chi connectivity index (χ0n) is 13.2. The van der Waals surface area contributed by atoms with Crippen molar-refractivity contribution in [1.29, 1.82) is 0 Å². The first-order chi connectivity index (χ1) is 11.7. The highest BCUT2D eigenvalue weighted by molar-refractivity contribution is 9.10. The van der Waals surface area contributed by atoms with Gasteiger partial charge in [0, 0.05) is 45.1 Å². The van der Waals surface area contributed by atoms with Gasteiger partial charge in [0.1, 0.15) is 4.60 Å². The van der Waals surface area contributed by atoms with Gasteiger partial charge in [-0.1, -0.05) is 0 Å². The number of nitrogens with one attached hydrogen (secondary N) is 1. The number of ether oxygens (including phenoxy) is 1. The zero-order chi connectivity index (χ0) is 16.5. The van der Waals surface area contributed by atoms with E-state index in [0.29, 0.717) is 32.8 Å². The van der Waals surface area contributed by atoms with Gasteiger partial charge >= 0.3 is 0 Å². The van der Waals surface area contributed by atoms with Crippen molar-refractivity contribution in [2.75, 3.05) is 50.8 Å². The number of amides is 1. The van der Waals surface area contributed by atoms with Crippen molar-refractivity contribution in [3.05, 3.63) is 22.7 Å². The van der Waals surface area contributed by atoms with Crippen LogP contribution in [0.1, 0.15) is 5.69 Å². The van der Waals surface area contributed by atoms with Crippen LogP contribution in [0, 0.1) is 0 Å². The van der Waals surface area contributed by atoms with Crippen LogP contribution < -0.4 is 10.2 Å². The molecule has 2 aliphatic heterocycles. The lowest BCUT2D eigenvalue weighted by atomic mass is 10.3. The molecule has 4 heterocycles. The molecule has 2 aromatic heterocycles. The van der Waals surface area contributed by atoms with E-state index >= 15 is 0 Å². The second kappa shape index (κ2) is 6.66. The molecule has 1 amide bonds. The Morgan fingerprint density at radius 2 is 2.04 bits per heavy atom. The number of hydrogen-bond acceptors (Lipinski definition) is 6. The number of carbonyl (C=O) groups excluding carboxylic acids is 1. The molecule has 0 radical (unpaired) electrons. The molecule has 2 aromatic rings. The fourth-order valence-electron chi connectivity index (χ4n) is 3.12. The Bertz CT molecular complexity index is 758. The highest BCUT2D eigenvalue weighted by atomic mass is 79.9. The van der Waals surface area contributed by atoms with Crippen LogP contribution in [-0.2, 0) is 16.1 Å². The van der Waals surface area contributed by atoms with Crippen LogP contribution in [0.2, 0.25) is 0 Å². The van der Waals surface area contributed by atoms with Crippen molar-refractivity contribution in [2.45, 2.75) is 6.54 Å². The summed E-state index contributed by atoms with van der Waals surface area (Å²) in [7, 11) is 0. The van der Waals surface area contributed by atoms with Gasteiger partial charge in [0.15, 0.2) is 11.5 Å². The molecule has 9 heteroatoms. The lowest BCUT2D eigenvalue weighted by molar-refractivity contribution is -0.124. The first-order valence-corrected chi connectivity index (χ1v) is 8.84. The molecule has 1 N–H and O–H groups in total. The molecule has 0 bridgehead atoms. The third kappa shape index (κ3) is 3.24. The molecule has 2 aliphatic rings. The van der Waals surface area contributed by atoms with Crippen molar-refractivity contribution in [3.8, 4) is 0 Å². The standard InChI is InChI=1S/C15H19BrN6O2/c16-12-9-22-8-11(7-20-2-1-17-13(23)10-20)18-14(22)15(19-12)21-3-5-24-6-4-21/h8-9H,1-7,10H2,(H,17,23). The van der Waals surface area contributed by atoms with Crippen LogP contribution in [0.4, 0.5) is 5.82 Å². The minimum atomic E-state index is 0.0726. The van der Waals surface area contributed by atoms with Crippen LogP contribution in [0.3, 0.4) is 0 Å². The lowest BCUT2D eigenvalue weighted by Crippen LogP contribution is -2.47. The number of piperazine rings is 1. The van der Waals surface area contributed by atoms with Crippen molar-refractivity contribution < 1.29 is 9.53 Å². The Morgan fingerprint density at radius 1 is 1.21 bits per heavy atom. The summed E-state index contributed by atoms with van der Waals surface area (Å²) in [6.45, 7) is 5.66. The average Bonchev–Trinajstić information content (AvgIpc) is 2.97. The smallest absolute Gasteiger partial charge is 0.234 e. The Morgan fingerprint density at radius 3 is 2.83 bits per heavy atom. The monoisotopic (exact) mass is 394 g/mol. The number of hydrogen-bond donors (Lipinski definition) is 1. The first kappa shape index (κ1) is 15.8. The van der Waals surface area contributed by atoms with Gasteiger partial charge in [-0.25, -0.2) is 9.97 Å². The van der Waals surface area contributed by atoms with E-state index in [2.05, 4.69) is 36.0 Å². The summed E-state index contributed by atoms with van der Waals surface area (Å²) in [5.41, 5.74) is 1.79. The Hall–Kier alpha value is -1.71. The summed E-state index contributed by atoms with van der Waals surface area (Å²) in [4.78, 5) is 25.2. The first-order valence-electron chi connectivity index (χ1n) is 8.05. The van der Waals surface area contributed by atoms with Gasteiger partial charge in [-0.15, -0.1) is 0 Å². The van der Waals surface area contributed by atoms with Crippen LogP contribution in [0.25, 0.3) is 5.65 Å². The van der Waals surface area contributed by atoms with Crippen molar-refractivity contribution in [3.63, 3.8) is 0 Å². The quantitative estimate of drug-likeness (QED) is 0.804. The molecule has 128 valence electrons. The van der Waals surface area contributed by atoms with E-state index in [9.17, 15) is 4.79 Å². The molecule has 0 atom stereocenters. The summed E-state index contributed by atoms with van der Waals surface area (Å²) < 4.78 is 8.20. The topological polar surface area (TPSA) is 75.0 Å². The number of morpholine rings is 1.